The Morgan fingerprint density at radius 1 is 1.48 bits per heavy atom. The molecule has 8 heteroatoms. The van der Waals surface area contributed by atoms with Gasteiger partial charge in [-0.2, -0.15) is 0 Å². The molecule has 0 aliphatic carbocycles. The summed E-state index contributed by atoms with van der Waals surface area (Å²) in [6, 6.07) is 6.09. The molecule has 3 aromatic rings. The first-order valence-corrected chi connectivity index (χ1v) is 10.9. The van der Waals surface area contributed by atoms with Gasteiger partial charge in [0.1, 0.15) is 5.15 Å². The summed E-state index contributed by atoms with van der Waals surface area (Å²) in [6.07, 6.45) is 0.929. The van der Waals surface area contributed by atoms with Crippen molar-refractivity contribution in [2.45, 2.75) is 24.9 Å². The minimum Gasteiger partial charge on any atom is -0.380 e. The van der Waals surface area contributed by atoms with Crippen LogP contribution in [-0.2, 0) is 11.3 Å². The van der Waals surface area contributed by atoms with E-state index in [2.05, 4.69) is 43.7 Å². The average Bonchev–Trinajstić information content (AvgIpc) is 3.22. The van der Waals surface area contributed by atoms with Crippen LogP contribution in [0.2, 0.25) is 5.15 Å². The van der Waals surface area contributed by atoms with Crippen LogP contribution < -0.4 is 11.1 Å². The summed E-state index contributed by atoms with van der Waals surface area (Å²) in [6.45, 7) is 2.12. The highest BCUT2D eigenvalue weighted by Gasteiger charge is 2.29. The van der Waals surface area contributed by atoms with E-state index in [9.17, 15) is 0 Å². The SMILES string of the molecule is N[C@@H]1COCC[C@@H]1c1sc2c(NCc3cccs3)cc(Cl)nc2c1Br. The van der Waals surface area contributed by atoms with Gasteiger partial charge in [-0.3, -0.25) is 0 Å². The molecule has 4 heterocycles. The summed E-state index contributed by atoms with van der Waals surface area (Å²) >= 11 is 13.5. The van der Waals surface area contributed by atoms with Crippen LogP contribution in [0.15, 0.2) is 28.1 Å². The number of nitrogens with one attached hydrogen (secondary N) is 1. The average molecular weight is 459 g/mol. The van der Waals surface area contributed by atoms with Gasteiger partial charge < -0.3 is 15.8 Å². The van der Waals surface area contributed by atoms with Gasteiger partial charge >= 0.3 is 0 Å². The molecule has 1 aliphatic heterocycles. The normalized spacial score (nSPS) is 20.9. The zero-order valence-corrected chi connectivity index (χ0v) is 17.3. The van der Waals surface area contributed by atoms with Gasteiger partial charge in [0, 0.05) is 40.9 Å². The minimum atomic E-state index is 0.0103. The Hall–Kier alpha value is -0.700. The third kappa shape index (κ3) is 3.59. The number of rotatable bonds is 4. The second-order valence-corrected chi connectivity index (χ2v) is 9.28. The van der Waals surface area contributed by atoms with Gasteiger partial charge in [0.2, 0.25) is 0 Å². The molecule has 0 radical (unpaired) electrons. The molecule has 0 unspecified atom stereocenters. The van der Waals surface area contributed by atoms with E-state index in [0.717, 1.165) is 39.9 Å². The molecule has 1 fully saturated rings. The third-order valence-electron chi connectivity index (χ3n) is 4.35. The van der Waals surface area contributed by atoms with Crippen LogP contribution in [0.25, 0.3) is 10.2 Å². The first-order valence-electron chi connectivity index (χ1n) is 8.01. The maximum Gasteiger partial charge on any atom is 0.131 e. The molecule has 2 atom stereocenters. The number of nitrogens with two attached hydrogens (primary N) is 1. The van der Waals surface area contributed by atoms with Crippen molar-refractivity contribution >= 4 is 66.1 Å². The summed E-state index contributed by atoms with van der Waals surface area (Å²) in [5.41, 5.74) is 8.21. The van der Waals surface area contributed by atoms with Crippen LogP contribution in [0.1, 0.15) is 22.1 Å². The molecule has 0 saturated carbocycles. The Labute approximate surface area is 167 Å². The van der Waals surface area contributed by atoms with E-state index >= 15 is 0 Å². The summed E-state index contributed by atoms with van der Waals surface area (Å²) in [5, 5.41) is 6.08. The smallest absolute Gasteiger partial charge is 0.131 e. The zero-order chi connectivity index (χ0) is 17.4. The lowest BCUT2D eigenvalue weighted by molar-refractivity contribution is 0.0702. The molecule has 1 aliphatic rings. The third-order valence-corrected chi connectivity index (χ3v) is 7.83. The van der Waals surface area contributed by atoms with E-state index < -0.39 is 0 Å². The van der Waals surface area contributed by atoms with Crippen molar-refractivity contribution in [1.82, 2.24) is 4.98 Å². The van der Waals surface area contributed by atoms with Gasteiger partial charge in [0.15, 0.2) is 0 Å². The molecule has 4 rings (SSSR count). The maximum absolute atomic E-state index is 6.29. The predicted molar refractivity (Wildman–Crippen MR) is 110 cm³/mol. The Kier molecular flexibility index (Phi) is 5.31. The Morgan fingerprint density at radius 2 is 2.36 bits per heavy atom. The lowest BCUT2D eigenvalue weighted by Gasteiger charge is -2.28. The first-order chi connectivity index (χ1) is 12.1. The van der Waals surface area contributed by atoms with Gasteiger partial charge in [-0.1, -0.05) is 17.7 Å². The van der Waals surface area contributed by atoms with E-state index in [0.29, 0.717) is 11.8 Å². The van der Waals surface area contributed by atoms with Crippen LogP contribution in [0.5, 0.6) is 0 Å². The quantitative estimate of drug-likeness (QED) is 0.526. The monoisotopic (exact) mass is 457 g/mol. The number of pyridine rings is 1. The standard InChI is InChI=1S/C17H17BrClN3OS2/c18-14-15-17(25-16(14)10-3-4-23-8-11(10)20)12(6-13(19)22-15)21-7-9-2-1-5-24-9/h1-2,5-6,10-11H,3-4,7-8,20H2,(H,21,22)/t10-,11+/m0/s1. The minimum absolute atomic E-state index is 0.0103. The van der Waals surface area contributed by atoms with Gasteiger partial charge in [0.25, 0.3) is 0 Å². The number of hydrogen-bond donors (Lipinski definition) is 2. The molecule has 25 heavy (non-hydrogen) atoms. The van der Waals surface area contributed by atoms with Crippen LogP contribution in [-0.4, -0.2) is 24.2 Å². The lowest BCUT2D eigenvalue weighted by Crippen LogP contribution is -2.37. The lowest BCUT2D eigenvalue weighted by atomic mass is 9.94. The van der Waals surface area contributed by atoms with Crippen LogP contribution in [0.4, 0.5) is 5.69 Å². The first kappa shape index (κ1) is 17.7. The topological polar surface area (TPSA) is 60.2 Å². The van der Waals surface area contributed by atoms with Crippen molar-refractivity contribution in [2.24, 2.45) is 5.73 Å². The number of halogens is 2. The summed E-state index contributed by atoms with van der Waals surface area (Å²) in [4.78, 5) is 7.06. The molecule has 0 amide bonds. The van der Waals surface area contributed by atoms with E-state index in [4.69, 9.17) is 22.1 Å². The molecule has 3 N–H and O–H groups in total. The predicted octanol–water partition coefficient (Wildman–Crippen LogP) is 5.22. The Bertz CT molecular complexity index is 884. The van der Waals surface area contributed by atoms with Gasteiger partial charge in [0.05, 0.1) is 27.0 Å². The van der Waals surface area contributed by atoms with Crippen LogP contribution in [0.3, 0.4) is 0 Å². The molecule has 3 aromatic heterocycles. The van der Waals surface area contributed by atoms with Crippen molar-refractivity contribution in [3.63, 3.8) is 0 Å². The van der Waals surface area contributed by atoms with Gasteiger partial charge in [-0.15, -0.1) is 22.7 Å². The van der Waals surface area contributed by atoms with E-state index in [1.807, 2.05) is 6.07 Å². The van der Waals surface area contributed by atoms with Crippen LogP contribution in [0, 0.1) is 0 Å². The van der Waals surface area contributed by atoms with E-state index in [1.165, 1.54) is 9.75 Å². The highest BCUT2D eigenvalue weighted by molar-refractivity contribution is 9.10. The second-order valence-electron chi connectivity index (χ2n) is 6.02. The zero-order valence-electron chi connectivity index (χ0n) is 13.3. The summed E-state index contributed by atoms with van der Waals surface area (Å²) in [7, 11) is 0. The maximum atomic E-state index is 6.29. The molecule has 0 bridgehead atoms. The highest BCUT2D eigenvalue weighted by Crippen LogP contribution is 2.45. The van der Waals surface area contributed by atoms with Crippen molar-refractivity contribution in [1.29, 1.82) is 0 Å². The molecular formula is C17H17BrClN3OS2. The van der Waals surface area contributed by atoms with E-state index in [1.54, 1.807) is 22.7 Å². The molecule has 0 aromatic carbocycles. The number of hydrogen-bond acceptors (Lipinski definition) is 6. The molecular weight excluding hydrogens is 442 g/mol. The van der Waals surface area contributed by atoms with Crippen molar-refractivity contribution in [3.05, 3.63) is 43.0 Å². The summed E-state index contributed by atoms with van der Waals surface area (Å²) < 4.78 is 7.61. The fourth-order valence-electron chi connectivity index (χ4n) is 3.08. The Morgan fingerprint density at radius 3 is 3.12 bits per heavy atom. The number of nitrogens with zero attached hydrogens (tertiary/aromatic N) is 1. The van der Waals surface area contributed by atoms with Crippen molar-refractivity contribution in [2.75, 3.05) is 18.5 Å². The number of fused-ring (bicyclic) bond motifs is 1. The largest absolute Gasteiger partial charge is 0.380 e. The number of aromatic nitrogens is 1. The number of anilines is 1. The number of thiophene rings is 2. The molecule has 1 saturated heterocycles. The number of ether oxygens (including phenoxy) is 1. The van der Waals surface area contributed by atoms with Gasteiger partial charge in [-0.05, 0) is 33.8 Å². The highest BCUT2D eigenvalue weighted by atomic mass is 79.9. The second kappa shape index (κ2) is 7.50. The fraction of sp³-hybridized carbons (Fsp3) is 0.353. The Balaban J connectivity index is 1.72. The van der Waals surface area contributed by atoms with E-state index in [-0.39, 0.29) is 12.0 Å². The molecule has 4 nitrogen and oxygen atoms in total. The molecule has 132 valence electrons. The molecule has 0 spiro atoms. The van der Waals surface area contributed by atoms with Gasteiger partial charge in [-0.25, -0.2) is 4.98 Å². The fourth-order valence-corrected chi connectivity index (χ4v) is 6.21. The summed E-state index contributed by atoms with van der Waals surface area (Å²) in [5.74, 6) is 0.284. The van der Waals surface area contributed by atoms with Crippen LogP contribution >= 0.6 is 50.2 Å². The van der Waals surface area contributed by atoms with Crippen molar-refractivity contribution < 1.29 is 4.74 Å². The van der Waals surface area contributed by atoms with Crippen molar-refractivity contribution in [3.8, 4) is 0 Å².